The molecular weight excluding hydrogens is 424 g/mol. The van der Waals surface area contributed by atoms with Crippen LogP contribution in [0.1, 0.15) is 29.9 Å². The van der Waals surface area contributed by atoms with E-state index in [0.29, 0.717) is 29.2 Å². The van der Waals surface area contributed by atoms with Crippen molar-refractivity contribution in [2.75, 3.05) is 18.2 Å². The number of ether oxygens (including phenoxy) is 1. The third kappa shape index (κ3) is 5.98. The lowest BCUT2D eigenvalue weighted by Gasteiger charge is -2.08. The molecule has 2 aromatic carbocycles. The second-order valence-electron chi connectivity index (χ2n) is 7.65. The zero-order valence-corrected chi connectivity index (χ0v) is 19.2. The minimum Gasteiger partial charge on any atom is -0.497 e. The predicted octanol–water partition coefficient (Wildman–Crippen LogP) is 3.36. The number of nitrogens with one attached hydrogen (secondary N) is 3. The van der Waals surface area contributed by atoms with Crippen molar-refractivity contribution in [3.05, 3.63) is 58.5 Å². The molecule has 3 rings (SSSR count). The van der Waals surface area contributed by atoms with Gasteiger partial charge in [-0.15, -0.1) is 11.3 Å². The van der Waals surface area contributed by atoms with Gasteiger partial charge in [0.15, 0.2) is 5.13 Å². The third-order valence-electron chi connectivity index (χ3n) is 4.62. The van der Waals surface area contributed by atoms with Crippen LogP contribution in [0.2, 0.25) is 0 Å². The number of carbonyl (C=O) groups excluding carboxylic acids is 1. The Bertz CT molecular complexity index is 1110. The Kier molecular flexibility index (Phi) is 7.32. The van der Waals surface area contributed by atoms with Crippen LogP contribution in [0.4, 0.5) is 10.8 Å². The van der Waals surface area contributed by atoms with Crippen molar-refractivity contribution in [2.45, 2.75) is 32.9 Å². The molecule has 0 aliphatic heterocycles. The maximum atomic E-state index is 12.7. The zero-order chi connectivity index (χ0) is 23.3. The minimum absolute atomic E-state index is 0.0160. The van der Waals surface area contributed by atoms with E-state index < -0.39 is 0 Å². The fourth-order valence-electron chi connectivity index (χ4n) is 3.09. The topological polar surface area (TPSA) is 139 Å². The quantitative estimate of drug-likeness (QED) is 0.192. The second-order valence-corrected chi connectivity index (χ2v) is 8.73. The van der Waals surface area contributed by atoms with Gasteiger partial charge in [0.25, 0.3) is 0 Å². The summed E-state index contributed by atoms with van der Waals surface area (Å²) in [5.74, 6) is 0.538. The van der Waals surface area contributed by atoms with E-state index in [1.165, 1.54) is 11.3 Å². The van der Waals surface area contributed by atoms with Gasteiger partial charge in [-0.3, -0.25) is 10.2 Å². The van der Waals surface area contributed by atoms with Crippen molar-refractivity contribution >= 4 is 33.9 Å². The van der Waals surface area contributed by atoms with Crippen LogP contribution >= 0.6 is 11.3 Å². The van der Waals surface area contributed by atoms with E-state index in [2.05, 4.69) is 10.6 Å². The third-order valence-corrected chi connectivity index (χ3v) is 5.61. The summed E-state index contributed by atoms with van der Waals surface area (Å²) in [6.07, 6.45) is 0.190. The van der Waals surface area contributed by atoms with Crippen molar-refractivity contribution in [3.63, 3.8) is 0 Å². The minimum atomic E-state index is -0.113. The maximum absolute atomic E-state index is 12.7. The molecule has 0 saturated carbocycles. The molecule has 0 saturated heterocycles. The first-order valence-electron chi connectivity index (χ1n) is 10.2. The van der Waals surface area contributed by atoms with Gasteiger partial charge < -0.3 is 26.8 Å². The van der Waals surface area contributed by atoms with Crippen molar-refractivity contribution in [1.29, 1.82) is 5.41 Å². The number of aromatic nitrogens is 1. The number of hydrogen-bond acceptors (Lipinski definition) is 7. The fraction of sp³-hybridized carbons (Fsp3) is 0.261. The Morgan fingerprint density at radius 1 is 1.22 bits per heavy atom. The van der Waals surface area contributed by atoms with Crippen molar-refractivity contribution < 1.29 is 9.53 Å². The molecule has 1 aromatic heterocycles. The molecule has 3 aromatic rings. The Labute approximate surface area is 191 Å². The molecule has 32 heavy (non-hydrogen) atoms. The zero-order valence-electron chi connectivity index (χ0n) is 18.4. The number of carbonyl (C=O) groups is 1. The highest BCUT2D eigenvalue weighted by Gasteiger charge is 2.18. The van der Waals surface area contributed by atoms with Gasteiger partial charge in [-0.1, -0.05) is 24.3 Å². The van der Waals surface area contributed by atoms with Crippen LogP contribution in [0.15, 0.2) is 42.5 Å². The Morgan fingerprint density at radius 2 is 1.94 bits per heavy atom. The molecule has 0 unspecified atom stereocenters. The van der Waals surface area contributed by atoms with Crippen molar-refractivity contribution in [2.24, 2.45) is 5.73 Å². The molecule has 0 atom stereocenters. The van der Waals surface area contributed by atoms with E-state index in [0.717, 1.165) is 21.1 Å². The molecule has 0 bridgehead atoms. The van der Waals surface area contributed by atoms with Gasteiger partial charge in [-0.2, -0.15) is 0 Å². The summed E-state index contributed by atoms with van der Waals surface area (Å²) in [6.45, 7) is 4.46. The van der Waals surface area contributed by atoms with Crippen LogP contribution in [0, 0.1) is 5.41 Å². The first kappa shape index (κ1) is 23.1. The molecule has 1 heterocycles. The number of methoxy groups -OCH3 is 1. The summed E-state index contributed by atoms with van der Waals surface area (Å²) in [4.78, 5) is 18.3. The van der Waals surface area contributed by atoms with Crippen LogP contribution in [-0.2, 0) is 17.8 Å². The summed E-state index contributed by atoms with van der Waals surface area (Å²) in [7, 11) is 1.59. The number of nitrogens with zero attached hydrogens (tertiary/aromatic N) is 1. The molecule has 7 N–H and O–H groups in total. The van der Waals surface area contributed by atoms with Crippen LogP contribution in [0.25, 0.3) is 11.3 Å². The molecule has 1 amide bonds. The number of amides is 1. The summed E-state index contributed by atoms with van der Waals surface area (Å²) in [5.41, 5.74) is 15.2. The van der Waals surface area contributed by atoms with Crippen LogP contribution in [0.3, 0.4) is 0 Å². The average Bonchev–Trinajstić information content (AvgIpc) is 3.13. The van der Waals surface area contributed by atoms with Crippen LogP contribution < -0.4 is 26.8 Å². The van der Waals surface area contributed by atoms with Crippen molar-refractivity contribution in [3.8, 4) is 17.0 Å². The van der Waals surface area contributed by atoms with E-state index in [1.807, 2.05) is 38.1 Å². The number of nitrogens with two attached hydrogens (primary N) is 2. The fourth-order valence-corrected chi connectivity index (χ4v) is 4.22. The molecule has 8 nitrogen and oxygen atoms in total. The monoisotopic (exact) mass is 452 g/mol. The van der Waals surface area contributed by atoms with Gasteiger partial charge >= 0.3 is 0 Å². The number of rotatable bonds is 9. The largest absolute Gasteiger partial charge is 0.497 e. The highest BCUT2D eigenvalue weighted by molar-refractivity contribution is 7.16. The number of benzene rings is 2. The van der Waals surface area contributed by atoms with E-state index in [1.54, 1.807) is 25.3 Å². The molecule has 168 valence electrons. The SMILES string of the molecule is COc1cc(N)cc(-c2nc(NC(C)C)sc2CC(=O)NCc2ccc(C(=N)N)cc2)c1. The first-order valence-corrected chi connectivity index (χ1v) is 11.0. The highest BCUT2D eigenvalue weighted by atomic mass is 32.1. The maximum Gasteiger partial charge on any atom is 0.225 e. The van der Waals surface area contributed by atoms with Crippen LogP contribution in [-0.4, -0.2) is 29.9 Å². The summed E-state index contributed by atoms with van der Waals surface area (Å²) in [5, 5.41) is 14.5. The van der Waals surface area contributed by atoms with Gasteiger partial charge in [0.2, 0.25) is 5.91 Å². The van der Waals surface area contributed by atoms with Crippen LogP contribution in [0.5, 0.6) is 5.75 Å². The van der Waals surface area contributed by atoms with E-state index >= 15 is 0 Å². The predicted molar refractivity (Wildman–Crippen MR) is 130 cm³/mol. The Morgan fingerprint density at radius 3 is 2.56 bits per heavy atom. The van der Waals surface area contributed by atoms with Gasteiger partial charge in [-0.25, -0.2) is 4.98 Å². The molecule has 9 heteroatoms. The Balaban J connectivity index is 1.78. The highest BCUT2D eigenvalue weighted by Crippen LogP contribution is 2.35. The lowest BCUT2D eigenvalue weighted by molar-refractivity contribution is -0.120. The lowest BCUT2D eigenvalue weighted by Crippen LogP contribution is -2.24. The van der Waals surface area contributed by atoms with E-state index in [-0.39, 0.29) is 24.2 Å². The van der Waals surface area contributed by atoms with E-state index in [4.69, 9.17) is 26.6 Å². The average molecular weight is 453 g/mol. The first-order chi connectivity index (χ1) is 15.2. The molecule has 0 spiro atoms. The molecule has 0 fully saturated rings. The molecule has 0 radical (unpaired) electrons. The number of nitrogen functional groups attached to an aromatic ring is 2. The normalized spacial score (nSPS) is 10.8. The van der Waals surface area contributed by atoms with Crippen molar-refractivity contribution in [1.82, 2.24) is 10.3 Å². The van der Waals surface area contributed by atoms with Gasteiger partial charge in [-0.05, 0) is 31.5 Å². The van der Waals surface area contributed by atoms with E-state index in [9.17, 15) is 4.79 Å². The van der Waals surface area contributed by atoms with Gasteiger partial charge in [0, 0.05) is 40.3 Å². The number of anilines is 2. The number of thiazole rings is 1. The standard InChI is InChI=1S/C23H28N6O2S/c1-13(2)28-23-29-21(16-8-17(24)10-18(9-16)31-3)19(32-23)11-20(30)27-12-14-4-6-15(7-5-14)22(25)26/h4-10,13H,11-12,24H2,1-3H3,(H3,25,26)(H,27,30)(H,28,29). The summed E-state index contributed by atoms with van der Waals surface area (Å²) >= 11 is 1.45. The number of amidine groups is 1. The van der Waals surface area contributed by atoms with Gasteiger partial charge in [0.1, 0.15) is 11.6 Å². The van der Waals surface area contributed by atoms with Gasteiger partial charge in [0.05, 0.1) is 19.2 Å². The summed E-state index contributed by atoms with van der Waals surface area (Å²) < 4.78 is 5.34. The smallest absolute Gasteiger partial charge is 0.225 e. The molecule has 0 aliphatic rings. The molecule has 0 aliphatic carbocycles. The Hall–Kier alpha value is -3.59. The summed E-state index contributed by atoms with van der Waals surface area (Å²) in [6, 6.07) is 12.9. The second kappa shape index (κ2) is 10.1. The molecular formula is C23H28N6O2S. The lowest BCUT2D eigenvalue weighted by atomic mass is 10.1. The number of hydrogen-bond donors (Lipinski definition) is 5.